The van der Waals surface area contributed by atoms with Crippen molar-refractivity contribution in [1.82, 2.24) is 5.32 Å². The number of hydrogen-bond acceptors (Lipinski definition) is 3. The van der Waals surface area contributed by atoms with Crippen LogP contribution in [0.5, 0.6) is 0 Å². The average Bonchev–Trinajstić information content (AvgIpc) is 2.80. The maximum Gasteiger partial charge on any atom is 0.328 e. The summed E-state index contributed by atoms with van der Waals surface area (Å²) >= 11 is 0. The number of amides is 1. The molecule has 0 radical (unpaired) electrons. The summed E-state index contributed by atoms with van der Waals surface area (Å²) in [5.74, 6) is -0.418. The Hall–Kier alpha value is -1.32. The van der Waals surface area contributed by atoms with Crippen LogP contribution in [0.15, 0.2) is 12.2 Å². The Morgan fingerprint density at radius 2 is 2.06 bits per heavy atom. The number of esters is 1. The van der Waals surface area contributed by atoms with Crippen molar-refractivity contribution < 1.29 is 14.3 Å². The van der Waals surface area contributed by atoms with Crippen molar-refractivity contribution in [3.63, 3.8) is 0 Å². The lowest BCUT2D eigenvalue weighted by Gasteiger charge is -2.18. The van der Waals surface area contributed by atoms with Crippen LogP contribution in [0.2, 0.25) is 0 Å². The Morgan fingerprint density at radius 1 is 1.44 bits per heavy atom. The van der Waals surface area contributed by atoms with Gasteiger partial charge in [-0.05, 0) is 19.3 Å². The van der Waals surface area contributed by atoms with Crippen molar-refractivity contribution in [2.75, 3.05) is 7.11 Å². The standard InChI is InChI=1S/C12H19NO3/c1-3-6-10(12(15)16-2)13-11(14)9-7-4-5-8-9/h4-5,9-10H,3,6-8H2,1-2H3,(H,13,14)/t10-/m1/s1. The molecule has 0 saturated heterocycles. The first-order valence-corrected chi connectivity index (χ1v) is 5.72. The van der Waals surface area contributed by atoms with Crippen LogP contribution >= 0.6 is 0 Å². The van der Waals surface area contributed by atoms with Gasteiger partial charge in [0.2, 0.25) is 5.91 Å². The third-order valence-corrected chi connectivity index (χ3v) is 2.76. The molecule has 0 aromatic rings. The van der Waals surface area contributed by atoms with Gasteiger partial charge in [-0.25, -0.2) is 4.79 Å². The zero-order valence-corrected chi connectivity index (χ0v) is 9.86. The van der Waals surface area contributed by atoms with E-state index in [-0.39, 0.29) is 17.8 Å². The minimum atomic E-state index is -0.497. The molecular formula is C12H19NO3. The molecule has 0 spiro atoms. The third-order valence-electron chi connectivity index (χ3n) is 2.76. The van der Waals surface area contributed by atoms with Crippen molar-refractivity contribution in [1.29, 1.82) is 0 Å². The molecule has 16 heavy (non-hydrogen) atoms. The molecule has 0 aromatic carbocycles. The number of carbonyl (C=O) groups is 2. The molecule has 0 heterocycles. The van der Waals surface area contributed by atoms with Gasteiger partial charge in [0.05, 0.1) is 7.11 Å². The molecule has 0 saturated carbocycles. The molecule has 0 aliphatic heterocycles. The van der Waals surface area contributed by atoms with E-state index in [2.05, 4.69) is 10.1 Å². The van der Waals surface area contributed by atoms with Crippen LogP contribution < -0.4 is 5.32 Å². The SMILES string of the molecule is CCC[C@@H](NC(=O)C1CC=CC1)C(=O)OC. The molecule has 4 heteroatoms. The molecule has 1 rings (SSSR count). The van der Waals surface area contributed by atoms with E-state index in [1.807, 2.05) is 19.1 Å². The summed E-state index contributed by atoms with van der Waals surface area (Å²) in [6.07, 6.45) is 6.99. The summed E-state index contributed by atoms with van der Waals surface area (Å²) in [6.45, 7) is 1.97. The summed E-state index contributed by atoms with van der Waals surface area (Å²) in [6, 6.07) is -0.497. The van der Waals surface area contributed by atoms with E-state index >= 15 is 0 Å². The number of allylic oxidation sites excluding steroid dienone is 2. The van der Waals surface area contributed by atoms with Crippen molar-refractivity contribution in [2.45, 2.75) is 38.6 Å². The highest BCUT2D eigenvalue weighted by molar-refractivity contribution is 5.86. The predicted octanol–water partition coefficient (Wildman–Crippen LogP) is 1.41. The molecule has 0 unspecified atom stereocenters. The number of hydrogen-bond donors (Lipinski definition) is 1. The monoisotopic (exact) mass is 225 g/mol. The van der Waals surface area contributed by atoms with Gasteiger partial charge in [0, 0.05) is 5.92 Å². The molecule has 1 N–H and O–H groups in total. The number of rotatable bonds is 5. The molecule has 1 amide bonds. The number of ether oxygens (including phenoxy) is 1. The summed E-state index contributed by atoms with van der Waals surface area (Å²) in [7, 11) is 1.34. The van der Waals surface area contributed by atoms with Gasteiger partial charge in [0.15, 0.2) is 0 Å². The van der Waals surface area contributed by atoms with Gasteiger partial charge in [0.25, 0.3) is 0 Å². The van der Waals surface area contributed by atoms with Crippen LogP contribution in [0.4, 0.5) is 0 Å². The first-order valence-electron chi connectivity index (χ1n) is 5.72. The van der Waals surface area contributed by atoms with E-state index in [0.29, 0.717) is 6.42 Å². The zero-order chi connectivity index (χ0) is 12.0. The van der Waals surface area contributed by atoms with E-state index in [0.717, 1.165) is 19.3 Å². The van der Waals surface area contributed by atoms with Crippen molar-refractivity contribution in [3.8, 4) is 0 Å². The summed E-state index contributed by atoms with van der Waals surface area (Å²) in [5.41, 5.74) is 0. The molecule has 0 bridgehead atoms. The van der Waals surface area contributed by atoms with Gasteiger partial charge in [-0.1, -0.05) is 25.5 Å². The fourth-order valence-electron chi connectivity index (χ4n) is 1.80. The first-order chi connectivity index (χ1) is 7.69. The molecule has 1 atom stereocenters. The summed E-state index contributed by atoms with van der Waals surface area (Å²) in [4.78, 5) is 23.2. The molecule has 1 aliphatic carbocycles. The highest BCUT2D eigenvalue weighted by atomic mass is 16.5. The lowest BCUT2D eigenvalue weighted by atomic mass is 10.1. The third kappa shape index (κ3) is 3.36. The van der Waals surface area contributed by atoms with E-state index in [1.54, 1.807) is 0 Å². The van der Waals surface area contributed by atoms with Gasteiger partial charge in [0.1, 0.15) is 6.04 Å². The number of methoxy groups -OCH3 is 1. The summed E-state index contributed by atoms with van der Waals surface area (Å²) < 4.78 is 4.66. The van der Waals surface area contributed by atoms with Crippen LogP contribution in [0.25, 0.3) is 0 Å². The van der Waals surface area contributed by atoms with E-state index in [9.17, 15) is 9.59 Å². The Morgan fingerprint density at radius 3 is 2.56 bits per heavy atom. The van der Waals surface area contributed by atoms with Crippen LogP contribution in [0.1, 0.15) is 32.6 Å². The van der Waals surface area contributed by atoms with Gasteiger partial charge in [-0.3, -0.25) is 4.79 Å². The zero-order valence-electron chi connectivity index (χ0n) is 9.86. The number of carbonyl (C=O) groups excluding carboxylic acids is 2. The first kappa shape index (κ1) is 12.7. The normalized spacial score (nSPS) is 17.1. The second-order valence-electron chi connectivity index (χ2n) is 4.01. The van der Waals surface area contributed by atoms with Gasteiger partial charge in [-0.15, -0.1) is 0 Å². The highest BCUT2D eigenvalue weighted by Gasteiger charge is 2.25. The van der Waals surface area contributed by atoms with Gasteiger partial charge >= 0.3 is 5.97 Å². The second kappa shape index (κ2) is 6.30. The molecule has 90 valence electrons. The van der Waals surface area contributed by atoms with E-state index in [1.165, 1.54) is 7.11 Å². The Labute approximate surface area is 96.0 Å². The minimum absolute atomic E-state index is 0.0102. The lowest BCUT2D eigenvalue weighted by Crippen LogP contribution is -2.43. The van der Waals surface area contributed by atoms with Crippen LogP contribution in [0, 0.1) is 5.92 Å². The molecule has 1 aliphatic rings. The lowest BCUT2D eigenvalue weighted by molar-refractivity contribution is -0.145. The van der Waals surface area contributed by atoms with Crippen LogP contribution in [0.3, 0.4) is 0 Å². The average molecular weight is 225 g/mol. The minimum Gasteiger partial charge on any atom is -0.467 e. The fraction of sp³-hybridized carbons (Fsp3) is 0.667. The maximum atomic E-state index is 11.8. The smallest absolute Gasteiger partial charge is 0.328 e. The van der Waals surface area contributed by atoms with Crippen molar-refractivity contribution in [2.24, 2.45) is 5.92 Å². The Balaban J connectivity index is 2.47. The van der Waals surface area contributed by atoms with Crippen molar-refractivity contribution in [3.05, 3.63) is 12.2 Å². The quantitative estimate of drug-likeness (QED) is 0.568. The Kier molecular flexibility index (Phi) is 5.02. The second-order valence-corrected chi connectivity index (χ2v) is 4.01. The molecular weight excluding hydrogens is 206 g/mol. The van der Waals surface area contributed by atoms with Gasteiger partial charge < -0.3 is 10.1 Å². The predicted molar refractivity (Wildman–Crippen MR) is 60.7 cm³/mol. The summed E-state index contributed by atoms with van der Waals surface area (Å²) in [5, 5.41) is 2.76. The Bertz CT molecular complexity index is 278. The topological polar surface area (TPSA) is 55.4 Å². The number of nitrogens with one attached hydrogen (secondary N) is 1. The van der Waals surface area contributed by atoms with Gasteiger partial charge in [-0.2, -0.15) is 0 Å². The van der Waals surface area contributed by atoms with Crippen LogP contribution in [-0.4, -0.2) is 25.0 Å². The van der Waals surface area contributed by atoms with Crippen molar-refractivity contribution >= 4 is 11.9 Å². The largest absolute Gasteiger partial charge is 0.467 e. The van der Waals surface area contributed by atoms with E-state index < -0.39 is 6.04 Å². The highest BCUT2D eigenvalue weighted by Crippen LogP contribution is 2.18. The molecule has 4 nitrogen and oxygen atoms in total. The van der Waals surface area contributed by atoms with Crippen LogP contribution in [-0.2, 0) is 14.3 Å². The maximum absolute atomic E-state index is 11.8. The molecule has 0 fully saturated rings. The fourth-order valence-corrected chi connectivity index (χ4v) is 1.80. The van der Waals surface area contributed by atoms with E-state index in [4.69, 9.17) is 0 Å². The molecule has 0 aromatic heterocycles.